The zero-order valence-corrected chi connectivity index (χ0v) is 28.0. The molecule has 5 amide bonds. The maximum absolute atomic E-state index is 13.1. The van der Waals surface area contributed by atoms with Gasteiger partial charge in [0.05, 0.1) is 48.7 Å². The van der Waals surface area contributed by atoms with Gasteiger partial charge in [0.2, 0.25) is 23.7 Å². The van der Waals surface area contributed by atoms with Crippen molar-refractivity contribution in [2.75, 3.05) is 26.2 Å². The monoisotopic (exact) mass is 734 g/mol. The second-order valence-corrected chi connectivity index (χ2v) is 11.7. The highest BCUT2D eigenvalue weighted by Crippen LogP contribution is 2.23. The molecule has 3 heterocycles. The van der Waals surface area contributed by atoms with Crippen LogP contribution in [0.1, 0.15) is 52.8 Å². The Morgan fingerprint density at radius 1 is 0.943 bits per heavy atom. The number of rotatable bonds is 17. The normalized spacial score (nSPS) is 14.6. The van der Waals surface area contributed by atoms with Gasteiger partial charge in [0.15, 0.2) is 0 Å². The number of nitrogens with one attached hydrogen (secondary N) is 4. The predicted molar refractivity (Wildman–Crippen MR) is 179 cm³/mol. The molecule has 0 saturated carbocycles. The molecule has 0 aliphatic carbocycles. The Kier molecular flexibility index (Phi) is 13.6. The van der Waals surface area contributed by atoms with Gasteiger partial charge in [-0.1, -0.05) is 0 Å². The molecular formula is C34H35FN8O10. The summed E-state index contributed by atoms with van der Waals surface area (Å²) >= 11 is 0. The summed E-state index contributed by atoms with van der Waals surface area (Å²) in [6, 6.07) is 6.47. The largest absolute Gasteiger partial charge is 0.494 e. The van der Waals surface area contributed by atoms with Gasteiger partial charge in [-0.3, -0.25) is 38.5 Å². The van der Waals surface area contributed by atoms with Gasteiger partial charge in [0.25, 0.3) is 11.8 Å². The zero-order chi connectivity index (χ0) is 38.5. The van der Waals surface area contributed by atoms with Crippen molar-refractivity contribution in [3.63, 3.8) is 0 Å². The highest BCUT2D eigenvalue weighted by atomic mass is 19.1. The number of carboxylic acid groups (broad SMARTS) is 2. The molecule has 1 saturated heterocycles. The Bertz CT molecular complexity index is 1920. The number of aliphatic carboxylic acids is 2. The molecule has 1 aromatic carbocycles. The van der Waals surface area contributed by atoms with Crippen molar-refractivity contribution in [3.05, 3.63) is 65.9 Å². The Balaban J connectivity index is 1.30. The van der Waals surface area contributed by atoms with Crippen LogP contribution in [0.15, 0.2) is 48.8 Å². The van der Waals surface area contributed by atoms with Gasteiger partial charge < -0.3 is 41.1 Å². The standard InChI is InChI=1S/C34H35FN8O10/c35-27-7-4-19(17-39-27)31(49)41-26(15-30(47)48)34(52)42-25(14-29(45)46)33(51)38-9-2-12-53-21-5-6-24-23(13-21)22(8-10-37-24)32(50)40-18-28(44)43-11-1-3-20(43)16-36/h4-8,10,13,17,20,25-26H,1-3,9,11-12,14-15,18H2,(H,38,51)(H,40,50)(H,41,49)(H,42,52)(H,45,46)(H,47,48)/t20-,25+,26+/m0/s1. The van der Waals surface area contributed by atoms with Crippen molar-refractivity contribution in [1.29, 1.82) is 5.26 Å². The number of hydrogen-bond acceptors (Lipinski definition) is 11. The lowest BCUT2D eigenvalue weighted by molar-refractivity contribution is -0.142. The predicted octanol–water partition coefficient (Wildman–Crippen LogP) is 0.131. The summed E-state index contributed by atoms with van der Waals surface area (Å²) in [6.45, 7) is 0.191. The average Bonchev–Trinajstić information content (AvgIpc) is 3.62. The molecule has 19 heteroatoms. The van der Waals surface area contributed by atoms with E-state index in [0.29, 0.717) is 36.0 Å². The number of hydrogen-bond donors (Lipinski definition) is 6. The number of carbonyl (C=O) groups is 7. The van der Waals surface area contributed by atoms with Crippen molar-refractivity contribution in [2.45, 2.75) is 50.2 Å². The third-order valence-corrected chi connectivity index (χ3v) is 7.97. The average molecular weight is 735 g/mol. The highest BCUT2D eigenvalue weighted by molar-refractivity contribution is 6.07. The van der Waals surface area contributed by atoms with Crippen molar-refractivity contribution in [3.8, 4) is 11.8 Å². The number of ether oxygens (including phenoxy) is 1. The third kappa shape index (κ3) is 11.1. The van der Waals surface area contributed by atoms with E-state index >= 15 is 0 Å². The summed E-state index contributed by atoms with van der Waals surface area (Å²) in [4.78, 5) is 95.7. The molecular weight excluding hydrogens is 699 g/mol. The molecule has 3 aromatic rings. The first-order valence-corrected chi connectivity index (χ1v) is 16.3. The van der Waals surface area contributed by atoms with Crippen molar-refractivity contribution < 1.29 is 52.9 Å². The van der Waals surface area contributed by atoms with Crippen LogP contribution in [0.2, 0.25) is 0 Å². The van der Waals surface area contributed by atoms with E-state index < -0.39 is 72.5 Å². The van der Waals surface area contributed by atoms with Gasteiger partial charge in [-0.2, -0.15) is 9.65 Å². The minimum Gasteiger partial charge on any atom is -0.494 e. The smallest absolute Gasteiger partial charge is 0.305 e. The van der Waals surface area contributed by atoms with Crippen molar-refractivity contribution in [1.82, 2.24) is 36.1 Å². The van der Waals surface area contributed by atoms with Crippen molar-refractivity contribution >= 4 is 52.4 Å². The number of nitriles is 1. The van der Waals surface area contributed by atoms with E-state index in [4.69, 9.17) is 4.74 Å². The molecule has 6 N–H and O–H groups in total. The lowest BCUT2D eigenvalue weighted by atomic mass is 10.1. The summed E-state index contributed by atoms with van der Waals surface area (Å²) < 4.78 is 18.9. The molecule has 2 aromatic heterocycles. The minimum atomic E-state index is -1.72. The second kappa shape index (κ2) is 18.5. The van der Waals surface area contributed by atoms with E-state index in [-0.39, 0.29) is 43.2 Å². The molecule has 1 aliphatic rings. The fraction of sp³-hybridized carbons (Fsp3) is 0.353. The van der Waals surface area contributed by atoms with Crippen LogP contribution in [0.5, 0.6) is 5.75 Å². The van der Waals surface area contributed by atoms with Gasteiger partial charge in [0, 0.05) is 30.9 Å². The Morgan fingerprint density at radius 3 is 2.36 bits per heavy atom. The number of halogens is 1. The van der Waals surface area contributed by atoms with Crippen LogP contribution in [-0.2, 0) is 24.0 Å². The molecule has 53 heavy (non-hydrogen) atoms. The summed E-state index contributed by atoms with van der Waals surface area (Å²) in [6.07, 6.45) is 2.05. The fourth-order valence-corrected chi connectivity index (χ4v) is 5.35. The van der Waals surface area contributed by atoms with Gasteiger partial charge in [-0.25, -0.2) is 4.98 Å². The summed E-state index contributed by atoms with van der Waals surface area (Å²) in [7, 11) is 0. The van der Waals surface area contributed by atoms with E-state index in [1.165, 1.54) is 17.2 Å². The van der Waals surface area contributed by atoms with Gasteiger partial charge >= 0.3 is 11.9 Å². The van der Waals surface area contributed by atoms with Crippen LogP contribution in [0.25, 0.3) is 10.9 Å². The molecule has 1 fully saturated rings. The highest BCUT2D eigenvalue weighted by Gasteiger charge is 2.31. The molecule has 4 rings (SSSR count). The van der Waals surface area contributed by atoms with Gasteiger partial charge in [-0.15, -0.1) is 0 Å². The second-order valence-electron chi connectivity index (χ2n) is 11.7. The van der Waals surface area contributed by atoms with E-state index in [2.05, 4.69) is 37.3 Å². The van der Waals surface area contributed by atoms with Gasteiger partial charge in [0.1, 0.15) is 23.9 Å². The molecule has 278 valence electrons. The van der Waals surface area contributed by atoms with Crippen molar-refractivity contribution in [2.24, 2.45) is 0 Å². The minimum absolute atomic E-state index is 0.0296. The quantitative estimate of drug-likeness (QED) is 0.0796. The maximum atomic E-state index is 13.1. The van der Waals surface area contributed by atoms with Gasteiger partial charge in [-0.05, 0) is 55.7 Å². The summed E-state index contributed by atoms with van der Waals surface area (Å²) in [5.41, 5.74) is 0.542. The number of aromatic nitrogens is 2. The first-order chi connectivity index (χ1) is 25.4. The number of carboxylic acids is 2. The van der Waals surface area contributed by atoms with Crippen LogP contribution >= 0.6 is 0 Å². The number of amides is 5. The Hall–Kier alpha value is -6.71. The van der Waals surface area contributed by atoms with Crippen LogP contribution < -0.4 is 26.0 Å². The first kappa shape index (κ1) is 39.1. The Morgan fingerprint density at radius 2 is 1.68 bits per heavy atom. The number of likely N-dealkylation sites (tertiary alicyclic amines) is 1. The lowest BCUT2D eigenvalue weighted by Gasteiger charge is -2.21. The molecule has 0 unspecified atom stereocenters. The number of pyridine rings is 2. The number of carbonyl (C=O) groups excluding carboxylic acids is 5. The van der Waals surface area contributed by atoms with Crippen LogP contribution in [-0.4, -0.2) is 111 Å². The fourth-order valence-electron chi connectivity index (χ4n) is 5.35. The van der Waals surface area contributed by atoms with E-state index in [1.807, 2.05) is 0 Å². The summed E-state index contributed by atoms with van der Waals surface area (Å²) in [5, 5.41) is 37.6. The van der Waals surface area contributed by atoms with E-state index in [9.17, 15) is 53.4 Å². The summed E-state index contributed by atoms with van der Waals surface area (Å²) in [5.74, 6) is -7.34. The van der Waals surface area contributed by atoms with E-state index in [0.717, 1.165) is 18.3 Å². The Labute approximate surface area is 300 Å². The SMILES string of the molecule is N#C[C@@H]1CCCN1C(=O)CNC(=O)c1ccnc2ccc(OCCCNC(=O)[C@@H](CC(=O)O)NC(=O)[C@@H](CC(=O)O)NC(=O)c3ccc(F)nc3)cc12. The van der Waals surface area contributed by atoms with Crippen LogP contribution in [0, 0.1) is 17.3 Å². The molecule has 0 radical (unpaired) electrons. The molecule has 18 nitrogen and oxygen atoms in total. The molecule has 0 bridgehead atoms. The topological polar surface area (TPSA) is 270 Å². The molecule has 0 spiro atoms. The van der Waals surface area contributed by atoms with Crippen LogP contribution in [0.3, 0.4) is 0 Å². The molecule has 1 aliphatic heterocycles. The number of fused-ring (bicyclic) bond motifs is 1. The van der Waals surface area contributed by atoms with Crippen LogP contribution in [0.4, 0.5) is 4.39 Å². The number of nitrogens with zero attached hydrogens (tertiary/aromatic N) is 4. The van der Waals surface area contributed by atoms with E-state index in [1.54, 1.807) is 18.2 Å². The zero-order valence-electron chi connectivity index (χ0n) is 28.0. The third-order valence-electron chi connectivity index (χ3n) is 7.97. The first-order valence-electron chi connectivity index (χ1n) is 16.3. The maximum Gasteiger partial charge on any atom is 0.305 e. The lowest BCUT2D eigenvalue weighted by Crippen LogP contribution is -2.55. The number of benzene rings is 1. The molecule has 3 atom stereocenters.